The van der Waals surface area contributed by atoms with Gasteiger partial charge in [0, 0.05) is 5.70 Å². The second-order valence-corrected chi connectivity index (χ2v) is 3.12. The number of allylic oxidation sites excluding steroid dienone is 1. The third kappa shape index (κ3) is 1.35. The average Bonchev–Trinajstić information content (AvgIpc) is 2.47. The molecule has 4 heteroatoms. The molecule has 3 N–H and O–H groups in total. The van der Waals surface area contributed by atoms with E-state index in [1.165, 1.54) is 12.1 Å². The molecule has 0 spiro atoms. The zero-order chi connectivity index (χ0) is 8.39. The molecule has 0 aromatic rings. The molecule has 1 heterocycles. The highest BCUT2D eigenvalue weighted by atomic mass is 16.6. The monoisotopic (exact) mass is 167 g/mol. The molecule has 4 nitrogen and oxygen atoms in total. The standard InChI is InChI=1S/C8H13N3O/c9-12-5-8-10-6-3-1-2-4-7(6)11-8/h3,7H,1-2,4-5,9H2,(H,10,11). The second kappa shape index (κ2) is 3.25. The molecule has 2 aliphatic rings. The van der Waals surface area contributed by atoms with Crippen molar-refractivity contribution in [1.82, 2.24) is 5.32 Å². The molecule has 0 amide bonds. The van der Waals surface area contributed by atoms with Crippen LogP contribution in [0.3, 0.4) is 0 Å². The van der Waals surface area contributed by atoms with Crippen LogP contribution in [0, 0.1) is 0 Å². The van der Waals surface area contributed by atoms with Crippen molar-refractivity contribution in [3.63, 3.8) is 0 Å². The van der Waals surface area contributed by atoms with Crippen molar-refractivity contribution in [2.24, 2.45) is 10.9 Å². The predicted molar refractivity (Wildman–Crippen MR) is 46.4 cm³/mol. The maximum absolute atomic E-state index is 4.96. The lowest BCUT2D eigenvalue weighted by Gasteiger charge is -2.13. The van der Waals surface area contributed by atoms with Crippen molar-refractivity contribution in [2.75, 3.05) is 6.61 Å². The van der Waals surface area contributed by atoms with Crippen LogP contribution < -0.4 is 11.2 Å². The smallest absolute Gasteiger partial charge is 0.130 e. The Morgan fingerprint density at radius 2 is 2.67 bits per heavy atom. The van der Waals surface area contributed by atoms with Crippen molar-refractivity contribution in [2.45, 2.75) is 25.3 Å². The Kier molecular flexibility index (Phi) is 2.10. The second-order valence-electron chi connectivity index (χ2n) is 3.12. The summed E-state index contributed by atoms with van der Waals surface area (Å²) in [6, 6.07) is 0.351. The Balaban J connectivity index is 2.05. The van der Waals surface area contributed by atoms with Gasteiger partial charge in [-0.05, 0) is 19.3 Å². The van der Waals surface area contributed by atoms with Gasteiger partial charge in [-0.3, -0.25) is 9.83 Å². The fourth-order valence-corrected chi connectivity index (χ4v) is 1.67. The van der Waals surface area contributed by atoms with E-state index >= 15 is 0 Å². The summed E-state index contributed by atoms with van der Waals surface area (Å²) in [5.74, 6) is 5.81. The quantitative estimate of drug-likeness (QED) is 0.582. The van der Waals surface area contributed by atoms with Crippen LogP contribution in [0.5, 0.6) is 0 Å². The number of hydrogen-bond donors (Lipinski definition) is 2. The van der Waals surface area contributed by atoms with Gasteiger partial charge in [-0.15, -0.1) is 0 Å². The van der Waals surface area contributed by atoms with E-state index in [-0.39, 0.29) is 0 Å². The molecule has 1 atom stereocenters. The van der Waals surface area contributed by atoms with Gasteiger partial charge in [-0.1, -0.05) is 6.08 Å². The minimum absolute atomic E-state index is 0.351. The summed E-state index contributed by atoms with van der Waals surface area (Å²) in [7, 11) is 0. The highest BCUT2D eigenvalue weighted by Crippen LogP contribution is 2.22. The number of fused-ring (bicyclic) bond motifs is 1. The fraction of sp³-hybridized carbons (Fsp3) is 0.625. The summed E-state index contributed by atoms with van der Waals surface area (Å²) >= 11 is 0. The molecule has 1 unspecified atom stereocenters. The molecular formula is C8H13N3O. The SMILES string of the molecule is NOCC1=NC2CCCC=C2N1. The molecule has 0 saturated heterocycles. The first-order chi connectivity index (χ1) is 5.90. The van der Waals surface area contributed by atoms with E-state index in [0.29, 0.717) is 12.6 Å². The number of nitrogens with one attached hydrogen (secondary N) is 1. The summed E-state index contributed by atoms with van der Waals surface area (Å²) in [5.41, 5.74) is 1.23. The molecule has 1 aliphatic heterocycles. The van der Waals surface area contributed by atoms with E-state index in [0.717, 1.165) is 18.7 Å². The van der Waals surface area contributed by atoms with Crippen LogP contribution in [0.1, 0.15) is 19.3 Å². The maximum Gasteiger partial charge on any atom is 0.130 e. The Morgan fingerprint density at radius 1 is 1.75 bits per heavy atom. The maximum atomic E-state index is 4.96. The third-order valence-electron chi connectivity index (χ3n) is 2.23. The Hall–Kier alpha value is -0.870. The molecule has 0 saturated carbocycles. The molecule has 66 valence electrons. The van der Waals surface area contributed by atoms with Crippen LogP contribution in [-0.2, 0) is 4.84 Å². The zero-order valence-electron chi connectivity index (χ0n) is 6.92. The number of nitrogens with zero attached hydrogens (tertiary/aromatic N) is 1. The Morgan fingerprint density at radius 3 is 3.42 bits per heavy atom. The molecule has 1 aliphatic carbocycles. The lowest BCUT2D eigenvalue weighted by molar-refractivity contribution is 0.176. The Labute approximate surface area is 71.4 Å². The molecule has 0 aromatic carbocycles. The van der Waals surface area contributed by atoms with Crippen LogP contribution in [0.2, 0.25) is 0 Å². The van der Waals surface area contributed by atoms with Crippen molar-refractivity contribution < 1.29 is 4.84 Å². The fourth-order valence-electron chi connectivity index (χ4n) is 1.67. The number of hydrogen-bond acceptors (Lipinski definition) is 4. The lowest BCUT2D eigenvalue weighted by Crippen LogP contribution is -2.25. The zero-order valence-corrected chi connectivity index (χ0v) is 6.92. The number of nitrogens with two attached hydrogens (primary N) is 1. The highest BCUT2D eigenvalue weighted by molar-refractivity contribution is 5.87. The van der Waals surface area contributed by atoms with Crippen molar-refractivity contribution >= 4 is 5.84 Å². The first-order valence-electron chi connectivity index (χ1n) is 4.25. The van der Waals surface area contributed by atoms with Crippen molar-refractivity contribution in [3.05, 3.63) is 11.8 Å². The first kappa shape index (κ1) is 7.76. The molecule has 0 radical (unpaired) electrons. The van der Waals surface area contributed by atoms with Crippen LogP contribution in [0.4, 0.5) is 0 Å². The van der Waals surface area contributed by atoms with Gasteiger partial charge >= 0.3 is 0 Å². The molecule has 12 heavy (non-hydrogen) atoms. The van der Waals surface area contributed by atoms with Crippen LogP contribution >= 0.6 is 0 Å². The van der Waals surface area contributed by atoms with E-state index in [1.807, 2.05) is 0 Å². The van der Waals surface area contributed by atoms with Gasteiger partial charge in [0.25, 0.3) is 0 Å². The minimum atomic E-state index is 0.351. The van der Waals surface area contributed by atoms with E-state index in [2.05, 4.69) is 21.2 Å². The normalized spacial score (nSPS) is 27.2. The van der Waals surface area contributed by atoms with E-state index in [1.54, 1.807) is 0 Å². The summed E-state index contributed by atoms with van der Waals surface area (Å²) in [4.78, 5) is 8.94. The molecule has 0 bridgehead atoms. The van der Waals surface area contributed by atoms with Gasteiger partial charge in [0.05, 0.1) is 6.04 Å². The topological polar surface area (TPSA) is 59.6 Å². The van der Waals surface area contributed by atoms with Gasteiger partial charge < -0.3 is 5.32 Å². The summed E-state index contributed by atoms with van der Waals surface area (Å²) in [6.07, 6.45) is 5.75. The molecule has 0 aromatic heterocycles. The number of rotatable bonds is 2. The van der Waals surface area contributed by atoms with Crippen molar-refractivity contribution in [1.29, 1.82) is 0 Å². The van der Waals surface area contributed by atoms with E-state index in [4.69, 9.17) is 5.90 Å². The predicted octanol–water partition coefficient (Wildman–Crippen LogP) is 0.315. The van der Waals surface area contributed by atoms with Gasteiger partial charge in [0.1, 0.15) is 12.4 Å². The van der Waals surface area contributed by atoms with Gasteiger partial charge in [-0.25, -0.2) is 5.90 Å². The minimum Gasteiger partial charge on any atom is -0.344 e. The van der Waals surface area contributed by atoms with Crippen LogP contribution in [0.25, 0.3) is 0 Å². The summed E-state index contributed by atoms with van der Waals surface area (Å²) in [5, 5.41) is 3.20. The van der Waals surface area contributed by atoms with Crippen molar-refractivity contribution in [3.8, 4) is 0 Å². The van der Waals surface area contributed by atoms with Crippen LogP contribution in [-0.4, -0.2) is 18.5 Å². The third-order valence-corrected chi connectivity index (χ3v) is 2.23. The first-order valence-corrected chi connectivity index (χ1v) is 4.25. The molecule has 2 rings (SSSR count). The lowest BCUT2D eigenvalue weighted by atomic mass is 10.0. The number of aliphatic imine (C=N–C) groups is 1. The Bertz CT molecular complexity index is 234. The van der Waals surface area contributed by atoms with Gasteiger partial charge in [0.2, 0.25) is 0 Å². The number of amidine groups is 1. The van der Waals surface area contributed by atoms with E-state index in [9.17, 15) is 0 Å². The van der Waals surface area contributed by atoms with Gasteiger partial charge in [-0.2, -0.15) is 0 Å². The van der Waals surface area contributed by atoms with Gasteiger partial charge in [0.15, 0.2) is 0 Å². The van der Waals surface area contributed by atoms with E-state index < -0.39 is 0 Å². The largest absolute Gasteiger partial charge is 0.344 e. The highest BCUT2D eigenvalue weighted by Gasteiger charge is 2.23. The summed E-state index contributed by atoms with van der Waals surface area (Å²) in [6.45, 7) is 0.383. The molecular weight excluding hydrogens is 154 g/mol. The summed E-state index contributed by atoms with van der Waals surface area (Å²) < 4.78 is 0. The van der Waals surface area contributed by atoms with Crippen LogP contribution in [0.15, 0.2) is 16.8 Å². The average molecular weight is 167 g/mol. The molecule has 0 fully saturated rings.